The Hall–Kier alpha value is -1.87. The first-order chi connectivity index (χ1) is 9.76. The van der Waals surface area contributed by atoms with Crippen LogP contribution in [0, 0.1) is 0 Å². The predicted octanol–water partition coefficient (Wildman–Crippen LogP) is 3.50. The molecule has 0 bridgehead atoms. The van der Waals surface area contributed by atoms with Crippen LogP contribution in [-0.2, 0) is 6.42 Å². The number of benzene rings is 1. The third-order valence-corrected chi connectivity index (χ3v) is 3.50. The fraction of sp³-hybridized carbons (Fsp3) is 0.353. The first kappa shape index (κ1) is 14.5. The molecule has 2 aromatic rings. The van der Waals surface area contributed by atoms with Gasteiger partial charge in [0.05, 0.1) is 0 Å². The van der Waals surface area contributed by atoms with Crippen molar-refractivity contribution in [1.29, 1.82) is 0 Å². The van der Waals surface area contributed by atoms with Crippen LogP contribution >= 0.6 is 0 Å². The third kappa shape index (κ3) is 3.36. The van der Waals surface area contributed by atoms with Gasteiger partial charge in [-0.05, 0) is 42.2 Å². The van der Waals surface area contributed by atoms with Gasteiger partial charge in [-0.15, -0.1) is 0 Å². The number of aromatic nitrogens is 1. The third-order valence-electron chi connectivity index (χ3n) is 3.50. The average molecular weight is 270 g/mol. The Morgan fingerprint density at radius 2 is 1.80 bits per heavy atom. The van der Waals surface area contributed by atoms with Crippen LogP contribution in [0.2, 0.25) is 0 Å². The molecule has 0 saturated heterocycles. The van der Waals surface area contributed by atoms with Crippen LogP contribution in [0.25, 0.3) is 0 Å². The summed E-state index contributed by atoms with van der Waals surface area (Å²) in [5.41, 5.74) is 8.52. The summed E-state index contributed by atoms with van der Waals surface area (Å²) in [6.07, 6.45) is 5.22. The fourth-order valence-electron chi connectivity index (χ4n) is 2.22. The molecule has 2 unspecified atom stereocenters. The Bertz CT molecular complexity index is 528. The van der Waals surface area contributed by atoms with Crippen molar-refractivity contribution in [2.75, 3.05) is 0 Å². The normalized spacial score (nSPS) is 13.8. The number of nitrogens with zero attached hydrogens (tertiary/aromatic N) is 1. The van der Waals surface area contributed by atoms with Crippen molar-refractivity contribution < 1.29 is 4.74 Å². The van der Waals surface area contributed by atoms with Gasteiger partial charge in [-0.3, -0.25) is 4.98 Å². The zero-order chi connectivity index (χ0) is 14.4. The number of aryl methyl sites for hydroxylation is 1. The first-order valence-corrected chi connectivity index (χ1v) is 7.16. The minimum absolute atomic E-state index is 0.0395. The molecule has 0 fully saturated rings. The number of pyridine rings is 1. The second-order valence-corrected chi connectivity index (χ2v) is 4.85. The van der Waals surface area contributed by atoms with E-state index >= 15 is 0 Å². The standard InChI is InChI=1S/C17H22N2O/c1-3-13-7-5-6-8-16(13)20-17(15(18)4-2)14-9-11-19-12-10-14/h5-12,15,17H,3-4,18H2,1-2H3. The van der Waals surface area contributed by atoms with Crippen LogP contribution in [0.3, 0.4) is 0 Å². The highest BCUT2D eigenvalue weighted by atomic mass is 16.5. The minimum Gasteiger partial charge on any atom is -0.484 e. The number of para-hydroxylation sites is 1. The molecule has 1 heterocycles. The molecule has 0 amide bonds. The maximum absolute atomic E-state index is 6.24. The first-order valence-electron chi connectivity index (χ1n) is 7.16. The summed E-state index contributed by atoms with van der Waals surface area (Å²) in [5, 5.41) is 0. The van der Waals surface area contributed by atoms with Gasteiger partial charge in [-0.1, -0.05) is 32.0 Å². The molecule has 2 atom stereocenters. The van der Waals surface area contributed by atoms with Gasteiger partial charge in [0.25, 0.3) is 0 Å². The van der Waals surface area contributed by atoms with Crippen molar-refractivity contribution >= 4 is 0 Å². The number of rotatable bonds is 6. The van der Waals surface area contributed by atoms with Gasteiger partial charge in [0, 0.05) is 18.4 Å². The van der Waals surface area contributed by atoms with Crippen molar-refractivity contribution in [3.8, 4) is 5.75 Å². The van der Waals surface area contributed by atoms with Crippen molar-refractivity contribution in [3.05, 3.63) is 59.9 Å². The van der Waals surface area contributed by atoms with Crippen LogP contribution in [0.1, 0.15) is 37.5 Å². The molecule has 2 rings (SSSR count). The van der Waals surface area contributed by atoms with Crippen LogP contribution < -0.4 is 10.5 Å². The summed E-state index contributed by atoms with van der Waals surface area (Å²) >= 11 is 0. The average Bonchev–Trinajstić information content (AvgIpc) is 2.53. The Kier molecular flexibility index (Phi) is 5.13. The minimum atomic E-state index is -0.143. The lowest BCUT2D eigenvalue weighted by molar-refractivity contribution is 0.169. The molecule has 20 heavy (non-hydrogen) atoms. The van der Waals surface area contributed by atoms with Gasteiger partial charge >= 0.3 is 0 Å². The second-order valence-electron chi connectivity index (χ2n) is 4.85. The lowest BCUT2D eigenvalue weighted by atomic mass is 10.0. The molecule has 3 heteroatoms. The van der Waals surface area contributed by atoms with Crippen LogP contribution in [0.4, 0.5) is 0 Å². The van der Waals surface area contributed by atoms with E-state index in [4.69, 9.17) is 10.5 Å². The number of ether oxygens (including phenoxy) is 1. The van der Waals surface area contributed by atoms with Crippen LogP contribution in [0.5, 0.6) is 5.75 Å². The van der Waals surface area contributed by atoms with Gasteiger partial charge in [0.2, 0.25) is 0 Å². The van der Waals surface area contributed by atoms with E-state index in [-0.39, 0.29) is 12.1 Å². The van der Waals surface area contributed by atoms with E-state index in [0.29, 0.717) is 0 Å². The summed E-state index contributed by atoms with van der Waals surface area (Å²) in [5.74, 6) is 0.917. The topological polar surface area (TPSA) is 48.1 Å². The second kappa shape index (κ2) is 7.06. The van der Waals surface area contributed by atoms with Crippen molar-refractivity contribution in [2.45, 2.75) is 38.8 Å². The molecule has 1 aromatic carbocycles. The SMILES string of the molecule is CCc1ccccc1OC(c1ccncc1)C(N)CC. The molecule has 1 aromatic heterocycles. The molecule has 0 aliphatic carbocycles. The Morgan fingerprint density at radius 1 is 1.10 bits per heavy atom. The zero-order valence-corrected chi connectivity index (χ0v) is 12.1. The summed E-state index contributed by atoms with van der Waals surface area (Å²) < 4.78 is 6.22. The molecule has 2 N–H and O–H groups in total. The summed E-state index contributed by atoms with van der Waals surface area (Å²) in [6, 6.07) is 12.0. The lowest BCUT2D eigenvalue weighted by Gasteiger charge is -2.25. The van der Waals surface area contributed by atoms with E-state index < -0.39 is 0 Å². The van der Waals surface area contributed by atoms with E-state index in [9.17, 15) is 0 Å². The maximum Gasteiger partial charge on any atom is 0.139 e. The monoisotopic (exact) mass is 270 g/mol. The smallest absolute Gasteiger partial charge is 0.139 e. The molecular weight excluding hydrogens is 248 g/mol. The summed E-state index contributed by atoms with van der Waals surface area (Å²) in [6.45, 7) is 4.21. The maximum atomic E-state index is 6.24. The van der Waals surface area contributed by atoms with E-state index in [1.807, 2.05) is 30.3 Å². The van der Waals surface area contributed by atoms with E-state index in [1.54, 1.807) is 12.4 Å². The molecule has 0 aliphatic rings. The molecule has 0 saturated carbocycles. The van der Waals surface area contributed by atoms with Crippen molar-refractivity contribution in [1.82, 2.24) is 4.98 Å². The molecule has 0 radical (unpaired) electrons. The van der Waals surface area contributed by atoms with Gasteiger partial charge in [-0.25, -0.2) is 0 Å². The molecular formula is C17H22N2O. The molecule has 106 valence electrons. The number of nitrogens with two attached hydrogens (primary N) is 1. The van der Waals surface area contributed by atoms with Crippen molar-refractivity contribution in [2.24, 2.45) is 5.73 Å². The van der Waals surface area contributed by atoms with Crippen LogP contribution in [-0.4, -0.2) is 11.0 Å². The van der Waals surface area contributed by atoms with E-state index in [2.05, 4.69) is 24.9 Å². The highest BCUT2D eigenvalue weighted by Gasteiger charge is 2.21. The summed E-state index contributed by atoms with van der Waals surface area (Å²) in [4.78, 5) is 4.06. The summed E-state index contributed by atoms with van der Waals surface area (Å²) in [7, 11) is 0. The molecule has 0 spiro atoms. The number of hydrogen-bond acceptors (Lipinski definition) is 3. The van der Waals surface area contributed by atoms with Gasteiger partial charge in [-0.2, -0.15) is 0 Å². The Morgan fingerprint density at radius 3 is 2.45 bits per heavy atom. The van der Waals surface area contributed by atoms with Gasteiger partial charge < -0.3 is 10.5 Å². The Balaban J connectivity index is 2.29. The zero-order valence-electron chi connectivity index (χ0n) is 12.1. The van der Waals surface area contributed by atoms with Gasteiger partial charge in [0.1, 0.15) is 11.9 Å². The quantitative estimate of drug-likeness (QED) is 0.874. The van der Waals surface area contributed by atoms with E-state index in [0.717, 1.165) is 24.2 Å². The van der Waals surface area contributed by atoms with Crippen molar-refractivity contribution in [3.63, 3.8) is 0 Å². The molecule has 0 aliphatic heterocycles. The highest BCUT2D eigenvalue weighted by Crippen LogP contribution is 2.28. The Labute approximate surface area is 120 Å². The van der Waals surface area contributed by atoms with Gasteiger partial charge in [0.15, 0.2) is 0 Å². The largest absolute Gasteiger partial charge is 0.484 e. The van der Waals surface area contributed by atoms with E-state index in [1.165, 1.54) is 5.56 Å². The lowest BCUT2D eigenvalue weighted by Crippen LogP contribution is -2.31. The van der Waals surface area contributed by atoms with Crippen LogP contribution in [0.15, 0.2) is 48.8 Å². The number of hydrogen-bond donors (Lipinski definition) is 1. The predicted molar refractivity (Wildman–Crippen MR) is 81.7 cm³/mol. The fourth-order valence-corrected chi connectivity index (χ4v) is 2.22. The molecule has 3 nitrogen and oxygen atoms in total. The highest BCUT2D eigenvalue weighted by molar-refractivity contribution is 5.34.